The summed E-state index contributed by atoms with van der Waals surface area (Å²) in [6.07, 6.45) is 3.51. The van der Waals surface area contributed by atoms with Crippen molar-refractivity contribution in [3.8, 4) is 17.2 Å². The van der Waals surface area contributed by atoms with Gasteiger partial charge in [-0.2, -0.15) is 0 Å². The van der Waals surface area contributed by atoms with Crippen LogP contribution in [-0.2, 0) is 0 Å². The molecule has 6 nitrogen and oxygen atoms in total. The molecule has 1 fully saturated rings. The maximum atomic E-state index is 11.1. The summed E-state index contributed by atoms with van der Waals surface area (Å²) < 4.78 is 12.5. The molecule has 1 unspecified atom stereocenters. The maximum Gasteiger partial charge on any atom is 0.150 e. The highest BCUT2D eigenvalue weighted by molar-refractivity contribution is 5.95. The second-order valence-corrected chi connectivity index (χ2v) is 9.17. The van der Waals surface area contributed by atoms with Gasteiger partial charge in [0.05, 0.1) is 0 Å². The zero-order valence-electron chi connectivity index (χ0n) is 19.9. The van der Waals surface area contributed by atoms with E-state index in [1.165, 1.54) is 19.3 Å². The number of ether oxygens (including phenoxy) is 2. The number of benzene rings is 3. The van der Waals surface area contributed by atoms with Crippen molar-refractivity contribution in [3.63, 3.8) is 0 Å². The van der Waals surface area contributed by atoms with Gasteiger partial charge in [-0.25, -0.2) is 0 Å². The quantitative estimate of drug-likeness (QED) is 0.388. The average molecular weight is 471 g/mol. The summed E-state index contributed by atoms with van der Waals surface area (Å²) in [7, 11) is 0. The Bertz CT molecular complexity index is 1210. The molecule has 2 aliphatic heterocycles. The standard InChI is InChI=1S/C29H30N2O4/c1-20-26-14-9-23(30-33)19-27(26)35-29(28(20)21-5-10-24(32)11-6-21)22-7-12-25(13-8-22)34-18-17-31-15-3-2-4-16-31/h5-14,19,29,32H,2-4,15-18H2,1H3. The summed E-state index contributed by atoms with van der Waals surface area (Å²) >= 11 is 0. The van der Waals surface area contributed by atoms with Gasteiger partial charge in [0.1, 0.15) is 35.6 Å². The molecule has 0 aromatic heterocycles. The van der Waals surface area contributed by atoms with Crippen LogP contribution in [0.1, 0.15) is 49.0 Å². The molecule has 0 saturated carbocycles. The van der Waals surface area contributed by atoms with Crippen LogP contribution in [0.2, 0.25) is 0 Å². The van der Waals surface area contributed by atoms with Gasteiger partial charge in [-0.3, -0.25) is 4.90 Å². The number of nitroso groups, excluding NO2 is 1. The van der Waals surface area contributed by atoms with E-state index in [1.807, 2.05) is 42.5 Å². The fourth-order valence-electron chi connectivity index (χ4n) is 4.96. The van der Waals surface area contributed by atoms with E-state index in [-0.39, 0.29) is 11.9 Å². The van der Waals surface area contributed by atoms with Crippen LogP contribution in [0.15, 0.2) is 71.9 Å². The van der Waals surface area contributed by atoms with E-state index >= 15 is 0 Å². The van der Waals surface area contributed by atoms with Gasteiger partial charge in [0.2, 0.25) is 0 Å². The predicted octanol–water partition coefficient (Wildman–Crippen LogP) is 6.72. The van der Waals surface area contributed by atoms with E-state index in [4.69, 9.17) is 9.47 Å². The third kappa shape index (κ3) is 5.08. The third-order valence-electron chi connectivity index (χ3n) is 6.87. The Balaban J connectivity index is 1.41. The topological polar surface area (TPSA) is 71.4 Å². The molecule has 0 bridgehead atoms. The molecule has 0 spiro atoms. The molecule has 0 aliphatic carbocycles. The minimum absolute atomic E-state index is 0.216. The first-order chi connectivity index (χ1) is 17.1. The lowest BCUT2D eigenvalue weighted by Gasteiger charge is -2.31. The molecule has 1 atom stereocenters. The van der Waals surface area contributed by atoms with Crippen LogP contribution >= 0.6 is 0 Å². The van der Waals surface area contributed by atoms with Gasteiger partial charge in [-0.1, -0.05) is 30.7 Å². The summed E-state index contributed by atoms with van der Waals surface area (Å²) in [4.78, 5) is 13.6. The molecule has 5 rings (SSSR count). The number of rotatable bonds is 7. The molecule has 0 radical (unpaired) electrons. The van der Waals surface area contributed by atoms with E-state index in [0.29, 0.717) is 18.0 Å². The van der Waals surface area contributed by atoms with Gasteiger partial charge in [-0.05, 0) is 91.1 Å². The van der Waals surface area contributed by atoms with Crippen LogP contribution in [0.5, 0.6) is 17.2 Å². The number of allylic oxidation sites excluding steroid dienone is 1. The fraction of sp³-hybridized carbons (Fsp3) is 0.310. The van der Waals surface area contributed by atoms with Crippen LogP contribution in [0, 0.1) is 4.91 Å². The predicted molar refractivity (Wildman–Crippen MR) is 138 cm³/mol. The smallest absolute Gasteiger partial charge is 0.150 e. The van der Waals surface area contributed by atoms with Gasteiger partial charge < -0.3 is 14.6 Å². The zero-order valence-corrected chi connectivity index (χ0v) is 19.9. The summed E-state index contributed by atoms with van der Waals surface area (Å²) in [6.45, 7) is 6.00. The Morgan fingerprint density at radius 1 is 1.00 bits per heavy atom. The Morgan fingerprint density at radius 3 is 2.46 bits per heavy atom. The first-order valence-electron chi connectivity index (χ1n) is 12.2. The van der Waals surface area contributed by atoms with Crippen molar-refractivity contribution in [3.05, 3.63) is 88.3 Å². The van der Waals surface area contributed by atoms with Gasteiger partial charge >= 0.3 is 0 Å². The molecule has 3 aromatic carbocycles. The van der Waals surface area contributed by atoms with E-state index in [1.54, 1.807) is 24.3 Å². The number of piperidine rings is 1. The molecule has 1 saturated heterocycles. The first kappa shape index (κ1) is 23.1. The molecule has 3 aromatic rings. The maximum absolute atomic E-state index is 11.1. The van der Waals surface area contributed by atoms with E-state index in [9.17, 15) is 10.0 Å². The molecule has 2 aliphatic rings. The zero-order chi connectivity index (χ0) is 24.2. The minimum atomic E-state index is -0.378. The number of likely N-dealkylation sites (tertiary alicyclic amines) is 1. The van der Waals surface area contributed by atoms with Crippen LogP contribution in [0.4, 0.5) is 5.69 Å². The number of hydrogen-bond donors (Lipinski definition) is 1. The lowest BCUT2D eigenvalue weighted by molar-refractivity contribution is 0.183. The lowest BCUT2D eigenvalue weighted by atomic mass is 9.86. The number of phenolic OH excluding ortho intramolecular Hbond substituents is 1. The normalized spacial score (nSPS) is 18.0. The SMILES string of the molecule is CC1=C(c2ccc(O)cc2)C(c2ccc(OCCN3CCCCC3)cc2)Oc2cc(N=O)ccc21. The molecular formula is C29H30N2O4. The van der Waals surface area contributed by atoms with Crippen LogP contribution in [0.25, 0.3) is 11.1 Å². The van der Waals surface area contributed by atoms with Gasteiger partial charge in [0.25, 0.3) is 0 Å². The molecule has 6 heteroatoms. The van der Waals surface area contributed by atoms with Crippen molar-refractivity contribution in [1.82, 2.24) is 4.90 Å². The number of phenols is 1. The van der Waals surface area contributed by atoms with Crippen molar-refractivity contribution in [2.45, 2.75) is 32.3 Å². The Labute approximate surface area is 205 Å². The highest BCUT2D eigenvalue weighted by Crippen LogP contribution is 2.47. The van der Waals surface area contributed by atoms with Crippen LogP contribution < -0.4 is 9.47 Å². The second kappa shape index (κ2) is 10.3. The third-order valence-corrected chi connectivity index (χ3v) is 6.87. The fourth-order valence-corrected chi connectivity index (χ4v) is 4.96. The van der Waals surface area contributed by atoms with Crippen LogP contribution in [0.3, 0.4) is 0 Å². The monoisotopic (exact) mass is 470 g/mol. The van der Waals surface area contributed by atoms with Crippen molar-refractivity contribution in [2.75, 3.05) is 26.2 Å². The number of nitrogens with zero attached hydrogens (tertiary/aromatic N) is 2. The Kier molecular flexibility index (Phi) is 6.82. The number of fused-ring (bicyclic) bond motifs is 1. The van der Waals surface area contributed by atoms with Crippen molar-refractivity contribution in [1.29, 1.82) is 0 Å². The average Bonchev–Trinajstić information content (AvgIpc) is 2.90. The molecule has 180 valence electrons. The molecule has 2 heterocycles. The largest absolute Gasteiger partial charge is 0.508 e. The minimum Gasteiger partial charge on any atom is -0.508 e. The summed E-state index contributed by atoms with van der Waals surface area (Å²) in [5, 5.41) is 12.9. The van der Waals surface area contributed by atoms with E-state index in [2.05, 4.69) is 17.0 Å². The molecule has 0 amide bonds. The van der Waals surface area contributed by atoms with Gasteiger partial charge in [0, 0.05) is 23.7 Å². The van der Waals surface area contributed by atoms with Crippen molar-refractivity contribution in [2.24, 2.45) is 5.18 Å². The Morgan fingerprint density at radius 2 is 1.74 bits per heavy atom. The van der Waals surface area contributed by atoms with Crippen LogP contribution in [-0.4, -0.2) is 36.2 Å². The summed E-state index contributed by atoms with van der Waals surface area (Å²) in [6, 6.07) is 20.4. The van der Waals surface area contributed by atoms with Crippen molar-refractivity contribution >= 4 is 16.8 Å². The number of aromatic hydroxyl groups is 1. The second-order valence-electron chi connectivity index (χ2n) is 9.17. The molecule has 35 heavy (non-hydrogen) atoms. The first-order valence-corrected chi connectivity index (χ1v) is 12.2. The summed E-state index contributed by atoms with van der Waals surface area (Å²) in [5.74, 6) is 1.68. The van der Waals surface area contributed by atoms with Gasteiger partial charge in [0.15, 0.2) is 0 Å². The number of hydrogen-bond acceptors (Lipinski definition) is 6. The van der Waals surface area contributed by atoms with E-state index in [0.717, 1.165) is 53.2 Å². The molecule has 1 N–H and O–H groups in total. The lowest BCUT2D eigenvalue weighted by Crippen LogP contribution is -2.33. The summed E-state index contributed by atoms with van der Waals surface area (Å²) in [5.41, 5.74) is 5.28. The van der Waals surface area contributed by atoms with E-state index < -0.39 is 0 Å². The Hall–Kier alpha value is -3.64. The highest BCUT2D eigenvalue weighted by atomic mass is 16.5. The van der Waals surface area contributed by atoms with Gasteiger partial charge in [-0.15, -0.1) is 4.91 Å². The molecular weight excluding hydrogens is 440 g/mol. The van der Waals surface area contributed by atoms with Crippen molar-refractivity contribution < 1.29 is 14.6 Å². The highest BCUT2D eigenvalue weighted by Gasteiger charge is 2.29.